The molecule has 4 atom stereocenters. The van der Waals surface area contributed by atoms with Crippen molar-refractivity contribution < 1.29 is 24.9 Å². The molecule has 1 aliphatic carbocycles. The van der Waals surface area contributed by atoms with Crippen molar-refractivity contribution in [1.82, 2.24) is 4.90 Å². The van der Waals surface area contributed by atoms with Crippen LogP contribution in [0.5, 0.6) is 5.75 Å². The van der Waals surface area contributed by atoms with E-state index in [0.29, 0.717) is 19.3 Å². The molecular weight excluding hydrogens is 454 g/mol. The van der Waals surface area contributed by atoms with Gasteiger partial charge in [-0.3, -0.25) is 14.5 Å². The summed E-state index contributed by atoms with van der Waals surface area (Å²) in [4.78, 5) is 26.8. The minimum Gasteiger partial charge on any atom is -0.508 e. The lowest BCUT2D eigenvalue weighted by molar-refractivity contribution is -0.138. The molecule has 0 aromatic heterocycles. The second-order valence-corrected chi connectivity index (χ2v) is 9.85. The maximum Gasteiger partial charge on any atom is 0.233 e. The molecule has 0 unspecified atom stereocenters. The summed E-state index contributed by atoms with van der Waals surface area (Å²) in [5.41, 5.74) is 4.64. The summed E-state index contributed by atoms with van der Waals surface area (Å²) in [6.07, 6.45) is 4.18. The minimum atomic E-state index is -0.838. The van der Waals surface area contributed by atoms with Gasteiger partial charge in [-0.1, -0.05) is 67.5 Å². The summed E-state index contributed by atoms with van der Waals surface area (Å²) >= 11 is 0. The fraction of sp³-hybridized carbons (Fsp3) is 0.400. The van der Waals surface area contributed by atoms with E-state index < -0.39 is 23.9 Å². The first-order chi connectivity index (χ1) is 17.3. The maximum atomic E-state index is 12.9. The summed E-state index contributed by atoms with van der Waals surface area (Å²) in [5.74, 6) is -1.90. The van der Waals surface area contributed by atoms with Crippen molar-refractivity contribution >= 4 is 23.5 Å². The van der Waals surface area contributed by atoms with E-state index in [1.165, 1.54) is 11.9 Å². The quantitative estimate of drug-likeness (QED) is 0.275. The van der Waals surface area contributed by atoms with Crippen molar-refractivity contribution in [2.45, 2.75) is 45.1 Å². The first-order valence-electron chi connectivity index (χ1n) is 12.7. The first kappa shape index (κ1) is 25.9. The van der Waals surface area contributed by atoms with Crippen LogP contribution in [0.1, 0.15) is 50.2 Å². The smallest absolute Gasteiger partial charge is 0.233 e. The van der Waals surface area contributed by atoms with Gasteiger partial charge in [0.15, 0.2) is 0 Å². The van der Waals surface area contributed by atoms with Gasteiger partial charge in [0.2, 0.25) is 11.8 Å². The molecule has 0 saturated carbocycles. The number of carbonyl (C=O) groups is 2. The Hall–Kier alpha value is -3.22. The van der Waals surface area contributed by atoms with E-state index in [9.17, 15) is 24.9 Å². The minimum absolute atomic E-state index is 0.189. The number of rotatable bonds is 9. The number of aliphatic hydroxyl groups is 2. The largest absolute Gasteiger partial charge is 0.508 e. The van der Waals surface area contributed by atoms with Crippen LogP contribution >= 0.6 is 0 Å². The lowest BCUT2D eigenvalue weighted by atomic mass is 9.67. The zero-order valence-corrected chi connectivity index (χ0v) is 20.9. The Morgan fingerprint density at radius 1 is 1.11 bits per heavy atom. The van der Waals surface area contributed by atoms with Crippen molar-refractivity contribution in [2.24, 2.45) is 17.8 Å². The summed E-state index contributed by atoms with van der Waals surface area (Å²) < 4.78 is 0. The third kappa shape index (κ3) is 5.15. The van der Waals surface area contributed by atoms with Gasteiger partial charge in [-0.15, -0.1) is 0 Å². The third-order valence-electron chi connectivity index (χ3n) is 7.55. The molecule has 0 bridgehead atoms. The number of phenols is 1. The SMILES string of the molecule is CCCC1=C([C@H](O)CC/C(=C/c2cccc(O)c2)c2ccccc2)[C@H](CO)[C@@H]2C(=O)N(C)C(=O)[C@@H]2C1. The number of aliphatic hydroxyl groups excluding tert-OH is 2. The van der Waals surface area contributed by atoms with E-state index in [2.05, 4.69) is 6.92 Å². The molecule has 0 spiro atoms. The number of carbonyl (C=O) groups excluding carboxylic acids is 2. The van der Waals surface area contributed by atoms with Crippen molar-refractivity contribution in [3.63, 3.8) is 0 Å². The number of hydrogen-bond donors (Lipinski definition) is 3. The molecular formula is C30H35NO5. The van der Waals surface area contributed by atoms with Gasteiger partial charge in [0.25, 0.3) is 0 Å². The van der Waals surface area contributed by atoms with Crippen LogP contribution in [-0.4, -0.2) is 51.8 Å². The molecule has 6 nitrogen and oxygen atoms in total. The Labute approximate surface area is 212 Å². The molecule has 1 heterocycles. The second-order valence-electron chi connectivity index (χ2n) is 9.85. The molecule has 4 rings (SSSR count). The van der Waals surface area contributed by atoms with Gasteiger partial charge < -0.3 is 15.3 Å². The molecule has 1 saturated heterocycles. The van der Waals surface area contributed by atoms with E-state index in [-0.39, 0.29) is 24.2 Å². The molecule has 1 fully saturated rings. The molecule has 0 radical (unpaired) electrons. The molecule has 2 amide bonds. The molecule has 3 N–H and O–H groups in total. The monoisotopic (exact) mass is 489 g/mol. The van der Waals surface area contributed by atoms with Gasteiger partial charge in [0, 0.05) is 13.0 Å². The van der Waals surface area contributed by atoms with Crippen LogP contribution in [0.4, 0.5) is 0 Å². The average Bonchev–Trinajstić information content (AvgIpc) is 3.10. The van der Waals surface area contributed by atoms with Crippen molar-refractivity contribution in [3.8, 4) is 5.75 Å². The van der Waals surface area contributed by atoms with E-state index in [0.717, 1.165) is 40.7 Å². The standard InChI is InChI=1S/C30H35NO5/c1-3-8-22-17-24-28(30(36)31(2)29(24)35)25(18-32)27(22)26(34)14-13-21(20-10-5-4-6-11-20)15-19-9-7-12-23(33)16-19/h4-7,9-12,15-16,24-26,28,32-34H,3,8,13-14,17-18H2,1-2H3/b21-15-/t24-,25+,26-,28-/m1/s1. The zero-order valence-electron chi connectivity index (χ0n) is 20.9. The highest BCUT2D eigenvalue weighted by atomic mass is 16.3. The number of imide groups is 1. The van der Waals surface area contributed by atoms with Gasteiger partial charge in [-0.05, 0) is 60.1 Å². The third-order valence-corrected chi connectivity index (χ3v) is 7.55. The first-order valence-corrected chi connectivity index (χ1v) is 12.7. The number of allylic oxidation sites excluding steroid dienone is 2. The Morgan fingerprint density at radius 2 is 1.86 bits per heavy atom. The Kier molecular flexibility index (Phi) is 8.07. The molecule has 6 heteroatoms. The molecule has 2 aromatic carbocycles. The predicted octanol–water partition coefficient (Wildman–Crippen LogP) is 4.41. The van der Waals surface area contributed by atoms with Crippen LogP contribution in [0, 0.1) is 17.8 Å². The Morgan fingerprint density at radius 3 is 2.53 bits per heavy atom. The second kappa shape index (κ2) is 11.2. The highest BCUT2D eigenvalue weighted by Gasteiger charge is 2.53. The lowest BCUT2D eigenvalue weighted by Crippen LogP contribution is -2.39. The van der Waals surface area contributed by atoms with Gasteiger partial charge in [-0.2, -0.15) is 0 Å². The van der Waals surface area contributed by atoms with Crippen LogP contribution < -0.4 is 0 Å². The van der Waals surface area contributed by atoms with Crippen LogP contribution in [-0.2, 0) is 9.59 Å². The van der Waals surface area contributed by atoms with E-state index in [4.69, 9.17) is 0 Å². The summed E-state index contributed by atoms with van der Waals surface area (Å²) in [6, 6.07) is 17.0. The van der Waals surface area contributed by atoms with E-state index in [1.54, 1.807) is 18.2 Å². The molecule has 1 aliphatic heterocycles. The van der Waals surface area contributed by atoms with Gasteiger partial charge >= 0.3 is 0 Å². The molecule has 190 valence electrons. The number of fused-ring (bicyclic) bond motifs is 1. The maximum absolute atomic E-state index is 12.9. The highest BCUT2D eigenvalue weighted by Crippen LogP contribution is 2.47. The summed E-state index contributed by atoms with van der Waals surface area (Å²) in [6.45, 7) is 1.77. The van der Waals surface area contributed by atoms with Gasteiger partial charge in [-0.25, -0.2) is 0 Å². The highest BCUT2D eigenvalue weighted by molar-refractivity contribution is 6.05. The van der Waals surface area contributed by atoms with Crippen LogP contribution in [0.15, 0.2) is 65.7 Å². The zero-order chi connectivity index (χ0) is 25.8. The van der Waals surface area contributed by atoms with Crippen LogP contribution in [0.3, 0.4) is 0 Å². The van der Waals surface area contributed by atoms with E-state index in [1.807, 2.05) is 42.5 Å². The number of nitrogens with zero attached hydrogens (tertiary/aromatic N) is 1. The average molecular weight is 490 g/mol. The lowest BCUT2D eigenvalue weighted by Gasteiger charge is -2.36. The van der Waals surface area contributed by atoms with Crippen molar-refractivity contribution in [2.75, 3.05) is 13.7 Å². The number of hydrogen-bond acceptors (Lipinski definition) is 5. The van der Waals surface area contributed by atoms with E-state index >= 15 is 0 Å². The number of aromatic hydroxyl groups is 1. The van der Waals surface area contributed by atoms with Crippen LogP contribution in [0.2, 0.25) is 0 Å². The Balaban J connectivity index is 1.64. The number of likely N-dealkylation sites (tertiary alicyclic amines) is 1. The predicted molar refractivity (Wildman–Crippen MR) is 140 cm³/mol. The van der Waals surface area contributed by atoms with Gasteiger partial charge in [0.05, 0.1) is 24.5 Å². The molecule has 2 aromatic rings. The number of phenolic OH excluding ortho intramolecular Hbond substituents is 1. The fourth-order valence-corrected chi connectivity index (χ4v) is 5.87. The fourth-order valence-electron chi connectivity index (χ4n) is 5.87. The normalized spacial score (nSPS) is 23.3. The Bertz CT molecular complexity index is 1170. The topological polar surface area (TPSA) is 98.1 Å². The van der Waals surface area contributed by atoms with Crippen molar-refractivity contribution in [3.05, 3.63) is 76.9 Å². The number of amides is 2. The summed E-state index contributed by atoms with van der Waals surface area (Å²) in [7, 11) is 1.51. The summed E-state index contributed by atoms with van der Waals surface area (Å²) in [5, 5.41) is 31.7. The number of benzene rings is 2. The van der Waals surface area contributed by atoms with Crippen molar-refractivity contribution in [1.29, 1.82) is 0 Å². The molecule has 2 aliphatic rings. The van der Waals surface area contributed by atoms with Crippen LogP contribution in [0.25, 0.3) is 11.6 Å². The molecule has 36 heavy (non-hydrogen) atoms. The van der Waals surface area contributed by atoms with Gasteiger partial charge in [0.1, 0.15) is 5.75 Å².